The molecule has 0 bridgehead atoms. The molecule has 1 aliphatic heterocycles. The SMILES string of the molecule is Cc1nc(CSc2ccccc2C(=O)Nc2cc3c(cc2Br)OCCO3)no1. The summed E-state index contributed by atoms with van der Waals surface area (Å²) in [5, 5.41) is 6.82. The number of nitrogens with one attached hydrogen (secondary N) is 1. The molecule has 4 rings (SSSR count). The van der Waals surface area contributed by atoms with E-state index in [2.05, 4.69) is 31.4 Å². The zero-order chi connectivity index (χ0) is 19.5. The van der Waals surface area contributed by atoms with Gasteiger partial charge in [-0.15, -0.1) is 11.8 Å². The number of aromatic nitrogens is 2. The maximum atomic E-state index is 12.9. The quantitative estimate of drug-likeness (QED) is 0.561. The fourth-order valence-corrected chi connectivity index (χ4v) is 3.99. The summed E-state index contributed by atoms with van der Waals surface area (Å²) in [7, 11) is 0. The zero-order valence-electron chi connectivity index (χ0n) is 14.9. The number of nitrogens with zero attached hydrogens (tertiary/aromatic N) is 2. The Labute approximate surface area is 173 Å². The molecule has 0 saturated carbocycles. The lowest BCUT2D eigenvalue weighted by Gasteiger charge is -2.20. The highest BCUT2D eigenvalue weighted by molar-refractivity contribution is 9.10. The largest absolute Gasteiger partial charge is 0.486 e. The Hall–Kier alpha value is -2.52. The van der Waals surface area contributed by atoms with E-state index in [4.69, 9.17) is 14.0 Å². The van der Waals surface area contributed by atoms with Crippen molar-refractivity contribution in [2.75, 3.05) is 18.5 Å². The van der Waals surface area contributed by atoms with Gasteiger partial charge in [0.1, 0.15) is 13.2 Å². The molecule has 2 heterocycles. The highest BCUT2D eigenvalue weighted by atomic mass is 79.9. The number of hydrogen-bond acceptors (Lipinski definition) is 7. The van der Waals surface area contributed by atoms with E-state index < -0.39 is 0 Å². The van der Waals surface area contributed by atoms with E-state index in [1.807, 2.05) is 18.2 Å². The highest BCUT2D eigenvalue weighted by Crippen LogP contribution is 2.38. The molecular weight excluding hydrogens is 446 g/mol. The number of carbonyl (C=O) groups is 1. The second-order valence-electron chi connectivity index (χ2n) is 5.94. The molecule has 0 unspecified atom stereocenters. The molecule has 0 spiro atoms. The average Bonchev–Trinajstić information content (AvgIpc) is 3.12. The van der Waals surface area contributed by atoms with Gasteiger partial charge in [0.25, 0.3) is 5.91 Å². The zero-order valence-corrected chi connectivity index (χ0v) is 17.3. The maximum Gasteiger partial charge on any atom is 0.256 e. The van der Waals surface area contributed by atoms with Crippen molar-refractivity contribution >= 4 is 39.3 Å². The Morgan fingerprint density at radius 1 is 1.21 bits per heavy atom. The van der Waals surface area contributed by atoms with Crippen molar-refractivity contribution in [2.45, 2.75) is 17.6 Å². The van der Waals surface area contributed by atoms with Crippen LogP contribution < -0.4 is 14.8 Å². The number of ether oxygens (including phenoxy) is 2. The molecule has 1 N–H and O–H groups in total. The van der Waals surface area contributed by atoms with Gasteiger partial charge >= 0.3 is 0 Å². The summed E-state index contributed by atoms with van der Waals surface area (Å²) in [5.74, 6) is 2.67. The lowest BCUT2D eigenvalue weighted by Crippen LogP contribution is -2.17. The van der Waals surface area contributed by atoms with Crippen LogP contribution in [0.4, 0.5) is 5.69 Å². The topological polar surface area (TPSA) is 86.5 Å². The number of halogens is 1. The van der Waals surface area contributed by atoms with Gasteiger partial charge < -0.3 is 19.3 Å². The van der Waals surface area contributed by atoms with Gasteiger partial charge in [-0.1, -0.05) is 17.3 Å². The minimum atomic E-state index is -0.218. The van der Waals surface area contributed by atoms with Crippen LogP contribution in [0.25, 0.3) is 0 Å². The third-order valence-electron chi connectivity index (χ3n) is 3.94. The summed E-state index contributed by atoms with van der Waals surface area (Å²) in [6, 6.07) is 10.9. The predicted molar refractivity (Wildman–Crippen MR) is 108 cm³/mol. The second kappa shape index (κ2) is 8.24. The first-order valence-corrected chi connectivity index (χ1v) is 10.3. The first-order chi connectivity index (χ1) is 13.6. The van der Waals surface area contributed by atoms with Crippen LogP contribution in [0.5, 0.6) is 11.5 Å². The molecule has 9 heteroatoms. The van der Waals surface area contributed by atoms with Gasteiger partial charge in [-0.2, -0.15) is 4.98 Å². The number of rotatable bonds is 5. The number of aryl methyl sites for hydroxylation is 1. The third kappa shape index (κ3) is 4.15. The van der Waals surface area contributed by atoms with Crippen LogP contribution in [0.3, 0.4) is 0 Å². The highest BCUT2D eigenvalue weighted by Gasteiger charge is 2.18. The molecule has 1 aromatic heterocycles. The Morgan fingerprint density at radius 2 is 1.96 bits per heavy atom. The van der Waals surface area contributed by atoms with Crippen molar-refractivity contribution in [2.24, 2.45) is 0 Å². The molecule has 0 fully saturated rings. The lowest BCUT2D eigenvalue weighted by molar-refractivity contribution is 0.102. The number of fused-ring (bicyclic) bond motifs is 1. The fraction of sp³-hybridized carbons (Fsp3) is 0.211. The fourth-order valence-electron chi connectivity index (χ4n) is 2.67. The van der Waals surface area contributed by atoms with Gasteiger partial charge in [0.2, 0.25) is 5.89 Å². The van der Waals surface area contributed by atoms with Gasteiger partial charge in [-0.3, -0.25) is 4.79 Å². The number of benzene rings is 2. The molecule has 0 radical (unpaired) electrons. The van der Waals surface area contributed by atoms with Gasteiger partial charge in [0.15, 0.2) is 17.3 Å². The van der Waals surface area contributed by atoms with E-state index >= 15 is 0 Å². The van der Waals surface area contributed by atoms with E-state index in [0.29, 0.717) is 53.4 Å². The molecule has 28 heavy (non-hydrogen) atoms. The van der Waals surface area contributed by atoms with Crippen molar-refractivity contribution in [3.05, 3.63) is 58.1 Å². The Balaban J connectivity index is 1.52. The Bertz CT molecular complexity index is 1020. The number of amides is 1. The molecular formula is C19H16BrN3O4S. The van der Waals surface area contributed by atoms with Gasteiger partial charge in [0.05, 0.1) is 17.0 Å². The monoisotopic (exact) mass is 461 g/mol. The van der Waals surface area contributed by atoms with E-state index in [-0.39, 0.29) is 5.91 Å². The normalized spacial score (nSPS) is 12.6. The second-order valence-corrected chi connectivity index (χ2v) is 7.82. The maximum absolute atomic E-state index is 12.9. The van der Waals surface area contributed by atoms with E-state index in [1.165, 1.54) is 11.8 Å². The van der Waals surface area contributed by atoms with E-state index in [9.17, 15) is 4.79 Å². The Morgan fingerprint density at radius 3 is 2.71 bits per heavy atom. The average molecular weight is 462 g/mol. The summed E-state index contributed by atoms with van der Waals surface area (Å²) < 4.78 is 16.9. The number of hydrogen-bond donors (Lipinski definition) is 1. The lowest BCUT2D eigenvalue weighted by atomic mass is 10.2. The standard InChI is InChI=1S/C19H16BrN3O4S/c1-11-21-18(23-27-11)10-28-17-5-3-2-4-12(17)19(24)22-14-9-16-15(8-13(14)20)25-6-7-26-16/h2-5,8-9H,6-7,10H2,1H3,(H,22,24). The molecule has 7 nitrogen and oxygen atoms in total. The van der Waals surface area contributed by atoms with Crippen LogP contribution in [-0.4, -0.2) is 29.3 Å². The molecule has 0 atom stereocenters. The molecule has 3 aromatic rings. The molecule has 0 aliphatic carbocycles. The van der Waals surface area contributed by atoms with Crippen LogP contribution in [0.2, 0.25) is 0 Å². The third-order valence-corrected chi connectivity index (χ3v) is 5.66. The summed E-state index contributed by atoms with van der Waals surface area (Å²) in [6.07, 6.45) is 0. The molecule has 144 valence electrons. The van der Waals surface area contributed by atoms with Gasteiger partial charge in [-0.05, 0) is 28.1 Å². The predicted octanol–water partition coefficient (Wildman–Crippen LogP) is 4.46. The van der Waals surface area contributed by atoms with Crippen molar-refractivity contribution in [1.82, 2.24) is 10.1 Å². The summed E-state index contributed by atoms with van der Waals surface area (Å²) in [4.78, 5) is 17.9. The molecule has 2 aromatic carbocycles. The number of anilines is 1. The van der Waals surface area contributed by atoms with Gasteiger partial charge in [0, 0.05) is 28.4 Å². The molecule has 1 amide bonds. The van der Waals surface area contributed by atoms with E-state index in [0.717, 1.165) is 9.37 Å². The summed E-state index contributed by atoms with van der Waals surface area (Å²) >= 11 is 4.95. The van der Waals surface area contributed by atoms with Crippen LogP contribution in [0.15, 0.2) is 50.3 Å². The van der Waals surface area contributed by atoms with Crippen molar-refractivity contribution in [3.8, 4) is 11.5 Å². The van der Waals surface area contributed by atoms with Crippen LogP contribution in [0, 0.1) is 6.92 Å². The smallest absolute Gasteiger partial charge is 0.256 e. The first kappa shape index (κ1) is 18.8. The van der Waals surface area contributed by atoms with Crippen LogP contribution in [-0.2, 0) is 5.75 Å². The molecule has 0 saturated heterocycles. The summed E-state index contributed by atoms with van der Waals surface area (Å²) in [6.45, 7) is 2.74. The number of thioether (sulfide) groups is 1. The number of carbonyl (C=O) groups excluding carboxylic acids is 1. The van der Waals surface area contributed by atoms with Crippen molar-refractivity contribution in [1.29, 1.82) is 0 Å². The molecule has 1 aliphatic rings. The summed E-state index contributed by atoms with van der Waals surface area (Å²) in [5.41, 5.74) is 1.18. The van der Waals surface area contributed by atoms with Crippen LogP contribution in [0.1, 0.15) is 22.1 Å². The van der Waals surface area contributed by atoms with Crippen molar-refractivity contribution < 1.29 is 18.8 Å². The Kier molecular flexibility index (Phi) is 5.54. The minimum Gasteiger partial charge on any atom is -0.486 e. The minimum absolute atomic E-state index is 0.218. The van der Waals surface area contributed by atoms with Gasteiger partial charge in [-0.25, -0.2) is 0 Å². The van der Waals surface area contributed by atoms with Crippen LogP contribution >= 0.6 is 27.7 Å². The first-order valence-electron chi connectivity index (χ1n) is 8.51. The van der Waals surface area contributed by atoms with E-state index in [1.54, 1.807) is 25.1 Å². The van der Waals surface area contributed by atoms with Crippen molar-refractivity contribution in [3.63, 3.8) is 0 Å².